The number of hydrogen-bond acceptors (Lipinski definition) is 6. The molecule has 1 N–H and O–H groups in total. The van der Waals surface area contributed by atoms with Crippen LogP contribution in [0, 0.1) is 13.8 Å². The quantitative estimate of drug-likeness (QED) is 0.466. The molecule has 0 aliphatic rings. The van der Waals surface area contributed by atoms with Crippen molar-refractivity contribution < 1.29 is 19.3 Å². The lowest BCUT2D eigenvalue weighted by molar-refractivity contribution is 0.0743. The van der Waals surface area contributed by atoms with E-state index in [-0.39, 0.29) is 6.61 Å². The number of methoxy groups -OCH3 is 1. The molecule has 0 saturated heterocycles. The molecule has 1 heterocycles. The fraction of sp³-hybridized carbons (Fsp3) is 0.400. The van der Waals surface area contributed by atoms with E-state index < -0.39 is 6.10 Å². The second kappa shape index (κ2) is 11.5. The van der Waals surface area contributed by atoms with Gasteiger partial charge in [-0.1, -0.05) is 12.1 Å². The summed E-state index contributed by atoms with van der Waals surface area (Å²) in [6.45, 7) is 6.81. The molecular weight excluding hydrogens is 406 g/mol. The summed E-state index contributed by atoms with van der Waals surface area (Å²) in [6.07, 6.45) is -0.584. The van der Waals surface area contributed by atoms with Crippen LogP contribution in [0.3, 0.4) is 0 Å². The second-order valence-electron chi connectivity index (χ2n) is 7.98. The smallest absolute Gasteiger partial charge is 0.119 e. The Kier molecular flexibility index (Phi) is 8.53. The van der Waals surface area contributed by atoms with Gasteiger partial charge in [-0.15, -0.1) is 0 Å². The molecule has 0 spiro atoms. The Balaban J connectivity index is 1.37. The van der Waals surface area contributed by atoms with Crippen LogP contribution in [0.1, 0.15) is 17.0 Å². The number of rotatable bonds is 12. The number of aromatic nitrogens is 2. The number of aliphatic hydroxyl groups is 1. The number of likely N-dealkylation sites (N-methyl/N-ethyl adjacent to an activating group) is 1. The fourth-order valence-corrected chi connectivity index (χ4v) is 3.50. The molecule has 32 heavy (non-hydrogen) atoms. The number of benzene rings is 2. The maximum absolute atomic E-state index is 10.3. The van der Waals surface area contributed by atoms with Gasteiger partial charge in [-0.2, -0.15) is 5.10 Å². The van der Waals surface area contributed by atoms with Crippen molar-refractivity contribution in [2.75, 3.05) is 33.9 Å². The van der Waals surface area contributed by atoms with Crippen molar-refractivity contribution in [3.63, 3.8) is 0 Å². The fourth-order valence-electron chi connectivity index (χ4n) is 3.50. The minimum Gasteiger partial charge on any atom is -0.497 e. The Labute approximate surface area is 190 Å². The van der Waals surface area contributed by atoms with Crippen LogP contribution in [0.2, 0.25) is 0 Å². The zero-order valence-electron chi connectivity index (χ0n) is 19.3. The van der Waals surface area contributed by atoms with E-state index in [1.807, 2.05) is 62.0 Å². The van der Waals surface area contributed by atoms with E-state index in [4.69, 9.17) is 14.2 Å². The van der Waals surface area contributed by atoms with Crippen LogP contribution in [0.15, 0.2) is 54.6 Å². The predicted molar refractivity (Wildman–Crippen MR) is 124 cm³/mol. The lowest BCUT2D eigenvalue weighted by Gasteiger charge is -2.21. The lowest BCUT2D eigenvalue weighted by atomic mass is 10.2. The van der Waals surface area contributed by atoms with Crippen LogP contribution in [0.4, 0.5) is 0 Å². The van der Waals surface area contributed by atoms with E-state index >= 15 is 0 Å². The van der Waals surface area contributed by atoms with Crippen LogP contribution in [-0.2, 0) is 13.1 Å². The minimum absolute atomic E-state index is 0.235. The third-order valence-corrected chi connectivity index (χ3v) is 5.08. The first-order chi connectivity index (χ1) is 15.4. The van der Waals surface area contributed by atoms with E-state index in [2.05, 4.69) is 28.2 Å². The normalized spacial score (nSPS) is 12.1. The van der Waals surface area contributed by atoms with Gasteiger partial charge in [-0.3, -0.25) is 9.58 Å². The molecule has 1 aromatic heterocycles. The van der Waals surface area contributed by atoms with Crippen molar-refractivity contribution in [2.24, 2.45) is 0 Å². The van der Waals surface area contributed by atoms with E-state index in [0.29, 0.717) is 18.9 Å². The first kappa shape index (κ1) is 23.6. The summed E-state index contributed by atoms with van der Waals surface area (Å²) < 4.78 is 18.6. The Hall–Kier alpha value is -3.03. The number of nitrogens with zero attached hydrogens (tertiary/aromatic N) is 3. The standard InChI is InChI=1S/C25H33N3O4/c1-19-15-20(2)28(26-19)13-14-31-24-7-5-21(6-8-24)16-27(3)17-22(29)18-32-25-11-9-23(30-4)10-12-25/h5-12,15,22,29H,13-14,16-18H2,1-4H3/t22-/m1/s1. The van der Waals surface area contributed by atoms with E-state index in [1.165, 1.54) is 0 Å². The van der Waals surface area contributed by atoms with E-state index in [0.717, 1.165) is 41.5 Å². The Morgan fingerprint density at radius 2 is 1.59 bits per heavy atom. The molecule has 7 heteroatoms. The summed E-state index contributed by atoms with van der Waals surface area (Å²) in [5.74, 6) is 2.32. The van der Waals surface area contributed by atoms with Crippen molar-refractivity contribution in [3.05, 3.63) is 71.5 Å². The number of ether oxygens (including phenoxy) is 3. The molecule has 0 aliphatic heterocycles. The highest BCUT2D eigenvalue weighted by molar-refractivity contribution is 5.31. The van der Waals surface area contributed by atoms with Gasteiger partial charge in [-0.05, 0) is 68.9 Å². The SMILES string of the molecule is COc1ccc(OC[C@H](O)CN(C)Cc2ccc(OCCn3nc(C)cc3C)cc2)cc1. The topological polar surface area (TPSA) is 69.0 Å². The van der Waals surface area contributed by atoms with Gasteiger partial charge < -0.3 is 19.3 Å². The van der Waals surface area contributed by atoms with Gasteiger partial charge in [-0.25, -0.2) is 0 Å². The number of aryl methyl sites for hydroxylation is 2. The summed E-state index contributed by atoms with van der Waals surface area (Å²) in [5.41, 5.74) is 3.32. The van der Waals surface area contributed by atoms with Crippen LogP contribution >= 0.6 is 0 Å². The monoisotopic (exact) mass is 439 g/mol. The molecule has 0 fully saturated rings. The average Bonchev–Trinajstić information content (AvgIpc) is 3.10. The average molecular weight is 440 g/mol. The van der Waals surface area contributed by atoms with Crippen LogP contribution in [0.5, 0.6) is 17.2 Å². The molecule has 0 aliphatic carbocycles. The molecular formula is C25H33N3O4. The van der Waals surface area contributed by atoms with Gasteiger partial charge in [0.2, 0.25) is 0 Å². The van der Waals surface area contributed by atoms with Gasteiger partial charge in [0.25, 0.3) is 0 Å². The molecule has 0 radical (unpaired) electrons. The summed E-state index contributed by atoms with van der Waals surface area (Å²) in [6, 6.07) is 17.5. The van der Waals surface area contributed by atoms with Crippen molar-refractivity contribution in [2.45, 2.75) is 33.0 Å². The maximum Gasteiger partial charge on any atom is 0.119 e. The van der Waals surface area contributed by atoms with Gasteiger partial charge in [0.1, 0.15) is 36.6 Å². The first-order valence-corrected chi connectivity index (χ1v) is 10.8. The summed E-state index contributed by atoms with van der Waals surface area (Å²) in [7, 11) is 3.61. The van der Waals surface area contributed by atoms with Crippen molar-refractivity contribution >= 4 is 0 Å². The Morgan fingerprint density at radius 1 is 0.969 bits per heavy atom. The summed E-state index contributed by atoms with van der Waals surface area (Å²) in [5, 5.41) is 14.7. The third-order valence-electron chi connectivity index (χ3n) is 5.08. The molecule has 7 nitrogen and oxygen atoms in total. The molecule has 2 aromatic carbocycles. The van der Waals surface area contributed by atoms with Crippen LogP contribution in [-0.4, -0.2) is 59.8 Å². The zero-order chi connectivity index (χ0) is 22.9. The van der Waals surface area contributed by atoms with Crippen molar-refractivity contribution in [3.8, 4) is 17.2 Å². The second-order valence-corrected chi connectivity index (χ2v) is 7.98. The molecule has 3 rings (SSSR count). The highest BCUT2D eigenvalue weighted by Crippen LogP contribution is 2.17. The Bertz CT molecular complexity index is 954. The Morgan fingerprint density at radius 3 is 2.22 bits per heavy atom. The zero-order valence-corrected chi connectivity index (χ0v) is 19.3. The summed E-state index contributed by atoms with van der Waals surface area (Å²) >= 11 is 0. The van der Waals surface area contributed by atoms with Gasteiger partial charge in [0.15, 0.2) is 0 Å². The van der Waals surface area contributed by atoms with E-state index in [1.54, 1.807) is 7.11 Å². The van der Waals surface area contributed by atoms with Gasteiger partial charge in [0, 0.05) is 18.8 Å². The largest absolute Gasteiger partial charge is 0.497 e. The van der Waals surface area contributed by atoms with E-state index in [9.17, 15) is 5.11 Å². The molecule has 0 unspecified atom stereocenters. The van der Waals surface area contributed by atoms with Gasteiger partial charge in [0.05, 0.1) is 19.3 Å². The number of hydrogen-bond donors (Lipinski definition) is 1. The number of aliphatic hydroxyl groups excluding tert-OH is 1. The van der Waals surface area contributed by atoms with Crippen molar-refractivity contribution in [1.29, 1.82) is 0 Å². The molecule has 0 amide bonds. The molecule has 0 saturated carbocycles. The maximum atomic E-state index is 10.3. The molecule has 3 aromatic rings. The highest BCUT2D eigenvalue weighted by Gasteiger charge is 2.10. The third kappa shape index (κ3) is 7.28. The first-order valence-electron chi connectivity index (χ1n) is 10.8. The predicted octanol–water partition coefficient (Wildman–Crippen LogP) is 3.46. The lowest BCUT2D eigenvalue weighted by Crippen LogP contribution is -2.32. The summed E-state index contributed by atoms with van der Waals surface area (Å²) in [4.78, 5) is 2.07. The van der Waals surface area contributed by atoms with Crippen molar-refractivity contribution in [1.82, 2.24) is 14.7 Å². The molecule has 0 bridgehead atoms. The highest BCUT2D eigenvalue weighted by atomic mass is 16.5. The minimum atomic E-state index is -0.584. The molecule has 172 valence electrons. The van der Waals surface area contributed by atoms with Crippen LogP contribution < -0.4 is 14.2 Å². The molecule has 1 atom stereocenters. The van der Waals surface area contributed by atoms with Crippen LogP contribution in [0.25, 0.3) is 0 Å². The van der Waals surface area contributed by atoms with Gasteiger partial charge >= 0.3 is 0 Å².